The minimum atomic E-state index is -0.579. The molecule has 0 aliphatic carbocycles. The molecule has 0 saturated carbocycles. The van der Waals surface area contributed by atoms with Crippen molar-refractivity contribution in [3.63, 3.8) is 0 Å². The van der Waals surface area contributed by atoms with Gasteiger partial charge in [-0.1, -0.05) is 12.1 Å². The van der Waals surface area contributed by atoms with Gasteiger partial charge in [-0.25, -0.2) is 9.18 Å². The molecule has 1 aromatic heterocycles. The first-order valence-electron chi connectivity index (χ1n) is 5.48. The number of rotatable bonds is 3. The molecule has 18 heavy (non-hydrogen) atoms. The highest BCUT2D eigenvalue weighted by Gasteiger charge is 2.20. The van der Waals surface area contributed by atoms with Gasteiger partial charge in [0.15, 0.2) is 5.69 Å². The normalized spacial score (nSPS) is 10.4. The van der Waals surface area contributed by atoms with Crippen LogP contribution in [0.25, 0.3) is 11.3 Å². The van der Waals surface area contributed by atoms with Crippen molar-refractivity contribution in [2.24, 2.45) is 0 Å². The topological polar surface area (TPSA) is 67.9 Å². The zero-order valence-electron chi connectivity index (χ0n) is 10.0. The maximum Gasteiger partial charge on any atom is 0.361 e. The van der Waals surface area contributed by atoms with E-state index in [1.165, 1.54) is 6.07 Å². The van der Waals surface area contributed by atoms with Crippen LogP contribution in [0.2, 0.25) is 0 Å². The summed E-state index contributed by atoms with van der Waals surface area (Å²) in [6.07, 6.45) is 0. The lowest BCUT2D eigenvalue weighted by Crippen LogP contribution is -2.07. The zero-order valence-corrected chi connectivity index (χ0v) is 10.0. The van der Waals surface area contributed by atoms with Crippen molar-refractivity contribution >= 4 is 5.97 Å². The molecule has 5 nitrogen and oxygen atoms in total. The third-order valence-electron chi connectivity index (χ3n) is 2.54. The second kappa shape index (κ2) is 4.95. The summed E-state index contributed by atoms with van der Waals surface area (Å²) in [5.41, 5.74) is 1.29. The zero-order chi connectivity index (χ0) is 13.1. The van der Waals surface area contributed by atoms with Crippen LogP contribution < -0.4 is 0 Å². The summed E-state index contributed by atoms with van der Waals surface area (Å²) >= 11 is 0. The van der Waals surface area contributed by atoms with Crippen molar-refractivity contribution in [1.29, 1.82) is 0 Å². The molecule has 0 amide bonds. The van der Waals surface area contributed by atoms with E-state index in [0.29, 0.717) is 16.8 Å². The molecule has 0 unspecified atom stereocenters. The van der Waals surface area contributed by atoms with E-state index in [2.05, 4.69) is 15.4 Å². The number of hydrogen-bond acceptors (Lipinski definition) is 4. The maximum atomic E-state index is 13.5. The number of nitrogens with zero attached hydrogens (tertiary/aromatic N) is 2. The van der Waals surface area contributed by atoms with Gasteiger partial charge in [-0.05, 0) is 25.5 Å². The van der Waals surface area contributed by atoms with Crippen LogP contribution in [0.3, 0.4) is 0 Å². The molecule has 6 heteroatoms. The number of ether oxygens (including phenoxy) is 1. The summed E-state index contributed by atoms with van der Waals surface area (Å²) in [6.45, 7) is 3.56. The van der Waals surface area contributed by atoms with Gasteiger partial charge in [-0.15, -0.1) is 5.10 Å². The van der Waals surface area contributed by atoms with E-state index >= 15 is 0 Å². The highest BCUT2D eigenvalue weighted by Crippen LogP contribution is 2.25. The number of esters is 1. The van der Waals surface area contributed by atoms with E-state index in [4.69, 9.17) is 4.74 Å². The Morgan fingerprint density at radius 2 is 2.22 bits per heavy atom. The van der Waals surface area contributed by atoms with E-state index in [9.17, 15) is 9.18 Å². The summed E-state index contributed by atoms with van der Waals surface area (Å²) in [5.74, 6) is -0.935. The SMILES string of the molecule is CCOC(=O)c1n[nH]nc1-c1cccc(F)c1C. The number of aromatic amines is 1. The summed E-state index contributed by atoms with van der Waals surface area (Å²) in [5, 5.41) is 10.00. The maximum absolute atomic E-state index is 13.5. The lowest BCUT2D eigenvalue weighted by atomic mass is 10.0. The molecule has 0 saturated heterocycles. The number of hydrogen-bond donors (Lipinski definition) is 1. The molecule has 0 atom stereocenters. The van der Waals surface area contributed by atoms with Crippen molar-refractivity contribution in [3.05, 3.63) is 35.3 Å². The smallest absolute Gasteiger partial charge is 0.361 e. The van der Waals surface area contributed by atoms with Crippen molar-refractivity contribution in [2.45, 2.75) is 13.8 Å². The van der Waals surface area contributed by atoms with Crippen LogP contribution in [0.4, 0.5) is 4.39 Å². The van der Waals surface area contributed by atoms with Crippen LogP contribution in [-0.4, -0.2) is 28.0 Å². The van der Waals surface area contributed by atoms with Gasteiger partial charge in [-0.2, -0.15) is 10.3 Å². The second-order valence-electron chi connectivity index (χ2n) is 3.65. The average Bonchev–Trinajstić information content (AvgIpc) is 2.82. The van der Waals surface area contributed by atoms with Gasteiger partial charge in [0.1, 0.15) is 11.5 Å². The number of benzene rings is 1. The Balaban J connectivity index is 2.49. The monoisotopic (exact) mass is 249 g/mol. The van der Waals surface area contributed by atoms with Crippen LogP contribution in [0.1, 0.15) is 23.0 Å². The first-order valence-corrected chi connectivity index (χ1v) is 5.48. The molecule has 94 valence electrons. The molecular weight excluding hydrogens is 237 g/mol. The van der Waals surface area contributed by atoms with Gasteiger partial charge in [0, 0.05) is 5.56 Å². The molecule has 0 aliphatic heterocycles. The Hall–Kier alpha value is -2.24. The van der Waals surface area contributed by atoms with E-state index < -0.39 is 5.97 Å². The van der Waals surface area contributed by atoms with Crippen molar-refractivity contribution in [2.75, 3.05) is 6.61 Å². The summed E-state index contributed by atoms with van der Waals surface area (Å²) < 4.78 is 18.3. The quantitative estimate of drug-likeness (QED) is 0.846. The van der Waals surface area contributed by atoms with Gasteiger partial charge in [0.2, 0.25) is 0 Å². The highest BCUT2D eigenvalue weighted by atomic mass is 19.1. The second-order valence-corrected chi connectivity index (χ2v) is 3.65. The highest BCUT2D eigenvalue weighted by molar-refractivity contribution is 5.94. The predicted octanol–water partition coefficient (Wildman–Crippen LogP) is 2.10. The van der Waals surface area contributed by atoms with E-state index in [1.807, 2.05) is 0 Å². The molecule has 1 heterocycles. The predicted molar refractivity (Wildman–Crippen MR) is 62.5 cm³/mol. The standard InChI is InChI=1S/C12H12FN3O2/c1-3-18-12(17)11-10(14-16-15-11)8-5-4-6-9(13)7(8)2/h4-6H,3H2,1-2H3,(H,14,15,16). The fourth-order valence-electron chi connectivity index (χ4n) is 1.62. The summed E-state index contributed by atoms with van der Waals surface area (Å²) in [7, 11) is 0. The Kier molecular flexibility index (Phi) is 3.36. The van der Waals surface area contributed by atoms with E-state index in [1.54, 1.807) is 26.0 Å². The molecule has 0 aliphatic rings. The fourth-order valence-corrected chi connectivity index (χ4v) is 1.62. The van der Waals surface area contributed by atoms with Gasteiger partial charge in [-0.3, -0.25) is 0 Å². The number of H-pyrrole nitrogens is 1. The van der Waals surface area contributed by atoms with Gasteiger partial charge in [0.25, 0.3) is 0 Å². The lowest BCUT2D eigenvalue weighted by molar-refractivity contribution is 0.0520. The molecule has 0 radical (unpaired) electrons. The number of carbonyl (C=O) groups is 1. The van der Waals surface area contributed by atoms with Crippen molar-refractivity contribution in [3.8, 4) is 11.3 Å². The number of aromatic nitrogens is 3. The molecule has 2 aromatic rings. The largest absolute Gasteiger partial charge is 0.461 e. The van der Waals surface area contributed by atoms with Gasteiger partial charge >= 0.3 is 5.97 Å². The molecule has 1 aromatic carbocycles. The molecule has 0 fully saturated rings. The van der Waals surface area contributed by atoms with Crippen molar-refractivity contribution < 1.29 is 13.9 Å². The number of nitrogens with one attached hydrogen (secondary N) is 1. The van der Waals surface area contributed by atoms with Crippen LogP contribution in [-0.2, 0) is 4.74 Å². The third kappa shape index (κ3) is 2.09. The molecule has 0 bridgehead atoms. The first-order chi connectivity index (χ1) is 8.65. The van der Waals surface area contributed by atoms with Crippen LogP contribution in [0.15, 0.2) is 18.2 Å². The van der Waals surface area contributed by atoms with E-state index in [-0.39, 0.29) is 18.1 Å². The van der Waals surface area contributed by atoms with Gasteiger partial charge < -0.3 is 4.74 Å². The lowest BCUT2D eigenvalue weighted by Gasteiger charge is -2.05. The third-order valence-corrected chi connectivity index (χ3v) is 2.54. The molecule has 1 N–H and O–H groups in total. The number of halogens is 1. The Labute approximate surface area is 103 Å². The Morgan fingerprint density at radius 3 is 2.94 bits per heavy atom. The van der Waals surface area contributed by atoms with E-state index in [0.717, 1.165) is 0 Å². The summed E-state index contributed by atoms with van der Waals surface area (Å²) in [4.78, 5) is 11.7. The van der Waals surface area contributed by atoms with Crippen LogP contribution in [0.5, 0.6) is 0 Å². The molecular formula is C12H12FN3O2. The minimum absolute atomic E-state index is 0.0607. The van der Waals surface area contributed by atoms with Gasteiger partial charge in [0.05, 0.1) is 6.61 Å². The number of carbonyl (C=O) groups excluding carboxylic acids is 1. The average molecular weight is 249 g/mol. The molecule has 2 rings (SSSR count). The Morgan fingerprint density at radius 1 is 1.44 bits per heavy atom. The van der Waals surface area contributed by atoms with Crippen LogP contribution in [0, 0.1) is 12.7 Å². The first kappa shape index (κ1) is 12.2. The fraction of sp³-hybridized carbons (Fsp3) is 0.250. The van der Waals surface area contributed by atoms with Crippen LogP contribution >= 0.6 is 0 Å². The molecule has 0 spiro atoms. The Bertz CT molecular complexity index is 580. The summed E-state index contributed by atoms with van der Waals surface area (Å²) in [6, 6.07) is 4.59. The van der Waals surface area contributed by atoms with Crippen molar-refractivity contribution in [1.82, 2.24) is 15.4 Å². The minimum Gasteiger partial charge on any atom is -0.461 e.